The third kappa shape index (κ3) is 5.33. The van der Waals surface area contributed by atoms with Crippen molar-refractivity contribution in [3.8, 4) is 16.9 Å². The molecule has 1 saturated heterocycles. The highest BCUT2D eigenvalue weighted by Gasteiger charge is 2.22. The van der Waals surface area contributed by atoms with E-state index in [0.717, 1.165) is 54.0 Å². The third-order valence-corrected chi connectivity index (χ3v) is 7.48. The van der Waals surface area contributed by atoms with Gasteiger partial charge in [0.2, 0.25) is 0 Å². The lowest BCUT2D eigenvalue weighted by Gasteiger charge is -2.23. The molecule has 11 nitrogen and oxygen atoms in total. The maximum absolute atomic E-state index is 13.0. The van der Waals surface area contributed by atoms with Crippen molar-refractivity contribution in [1.82, 2.24) is 34.3 Å². The van der Waals surface area contributed by atoms with Crippen molar-refractivity contribution in [3.05, 3.63) is 103 Å². The van der Waals surface area contributed by atoms with Gasteiger partial charge in [-0.1, -0.05) is 24.3 Å². The van der Waals surface area contributed by atoms with Crippen molar-refractivity contribution in [2.24, 2.45) is 0 Å². The number of carbonyl (C=O) groups is 1. The van der Waals surface area contributed by atoms with Gasteiger partial charge in [0.1, 0.15) is 29.6 Å². The Kier molecular flexibility index (Phi) is 7.05. The Labute approximate surface area is 247 Å². The zero-order valence-electron chi connectivity index (χ0n) is 23.5. The number of imidazole rings is 1. The van der Waals surface area contributed by atoms with Gasteiger partial charge in [0.25, 0.3) is 5.91 Å². The van der Waals surface area contributed by atoms with Gasteiger partial charge < -0.3 is 15.4 Å². The molecule has 2 N–H and O–H groups in total. The first kappa shape index (κ1) is 26.5. The maximum Gasteiger partial charge on any atom is 0.276 e. The Hall–Kier alpha value is -5.42. The van der Waals surface area contributed by atoms with Crippen LogP contribution in [0.1, 0.15) is 41.5 Å². The molecule has 0 aliphatic carbocycles. The van der Waals surface area contributed by atoms with Gasteiger partial charge >= 0.3 is 0 Å². The Bertz CT molecular complexity index is 1910. The summed E-state index contributed by atoms with van der Waals surface area (Å²) in [6.45, 7) is 2.72. The number of hydrogen-bond donors (Lipinski definition) is 2. The predicted molar refractivity (Wildman–Crippen MR) is 163 cm³/mol. The Morgan fingerprint density at radius 3 is 2.74 bits per heavy atom. The number of nitrogens with zero attached hydrogens (tertiary/aromatic N) is 7. The molecule has 6 aromatic rings. The molecule has 0 spiro atoms. The number of fused-ring (bicyclic) bond motifs is 1. The lowest BCUT2D eigenvalue weighted by atomic mass is 10.1. The highest BCUT2D eigenvalue weighted by molar-refractivity contribution is 6.03. The zero-order chi connectivity index (χ0) is 29.2. The van der Waals surface area contributed by atoms with Crippen LogP contribution in [0.5, 0.6) is 0 Å². The summed E-state index contributed by atoms with van der Waals surface area (Å²) in [4.78, 5) is 31.5. The van der Waals surface area contributed by atoms with Crippen LogP contribution < -0.4 is 10.6 Å². The standard InChI is InChI=1S/C32H29N9O2/c1-21-12-13-22(37-32(42)25-14-16-41(39-25)23-8-3-2-4-9-23)18-26(21)38-30-24(10-7-15-33-30)28-29-31(35-19-34-28)40(20-36-29)27-11-5-6-17-43-27/h2-4,7-10,12-16,18-20,27H,5-6,11,17H2,1H3,(H,33,38)(H,37,42). The van der Waals surface area contributed by atoms with Gasteiger partial charge in [-0.15, -0.1) is 0 Å². The fraction of sp³-hybridized carbons (Fsp3) is 0.188. The summed E-state index contributed by atoms with van der Waals surface area (Å²) in [6.07, 6.45) is 9.84. The molecule has 11 heteroatoms. The van der Waals surface area contributed by atoms with E-state index < -0.39 is 0 Å². The molecule has 4 aromatic heterocycles. The van der Waals surface area contributed by atoms with Crippen molar-refractivity contribution in [2.75, 3.05) is 17.2 Å². The van der Waals surface area contributed by atoms with Crippen molar-refractivity contribution >= 4 is 34.3 Å². The van der Waals surface area contributed by atoms with Crippen molar-refractivity contribution in [1.29, 1.82) is 0 Å². The van der Waals surface area contributed by atoms with Crippen LogP contribution in [-0.2, 0) is 4.74 Å². The van der Waals surface area contributed by atoms with E-state index >= 15 is 0 Å². The normalized spacial score (nSPS) is 15.0. The molecule has 0 radical (unpaired) electrons. The number of pyridine rings is 1. The number of aryl methyl sites for hydroxylation is 1. The number of rotatable bonds is 7. The second-order valence-electron chi connectivity index (χ2n) is 10.4. The molecule has 1 fully saturated rings. The number of ether oxygens (including phenoxy) is 1. The van der Waals surface area contributed by atoms with Crippen LogP contribution in [0.3, 0.4) is 0 Å². The molecule has 7 rings (SSSR count). The Morgan fingerprint density at radius 1 is 0.977 bits per heavy atom. The van der Waals surface area contributed by atoms with Crippen molar-refractivity contribution in [2.45, 2.75) is 32.4 Å². The van der Waals surface area contributed by atoms with E-state index in [0.29, 0.717) is 28.4 Å². The second kappa shape index (κ2) is 11.5. The summed E-state index contributed by atoms with van der Waals surface area (Å²) in [7, 11) is 0. The summed E-state index contributed by atoms with van der Waals surface area (Å²) in [5, 5.41) is 10.8. The van der Waals surface area contributed by atoms with Gasteiger partial charge in [-0.25, -0.2) is 24.6 Å². The van der Waals surface area contributed by atoms with Gasteiger partial charge in [-0.3, -0.25) is 9.36 Å². The molecular weight excluding hydrogens is 542 g/mol. The topological polar surface area (TPSA) is 125 Å². The number of carbonyl (C=O) groups excluding carboxylic acids is 1. The lowest BCUT2D eigenvalue weighted by molar-refractivity contribution is -0.0298. The van der Waals surface area contributed by atoms with Crippen LogP contribution >= 0.6 is 0 Å². The number of nitrogens with one attached hydrogen (secondary N) is 2. The van der Waals surface area contributed by atoms with E-state index in [-0.39, 0.29) is 12.1 Å². The summed E-state index contributed by atoms with van der Waals surface area (Å²) >= 11 is 0. The van der Waals surface area contributed by atoms with Gasteiger partial charge in [0, 0.05) is 35.9 Å². The third-order valence-electron chi connectivity index (χ3n) is 7.48. The van der Waals surface area contributed by atoms with Crippen LogP contribution in [0.25, 0.3) is 28.1 Å². The molecule has 1 aliphatic heterocycles. The van der Waals surface area contributed by atoms with Gasteiger partial charge in [-0.05, 0) is 74.2 Å². The first-order valence-corrected chi connectivity index (χ1v) is 14.2. The first-order valence-electron chi connectivity index (χ1n) is 14.2. The van der Waals surface area contributed by atoms with Gasteiger partial charge in [-0.2, -0.15) is 5.10 Å². The smallest absolute Gasteiger partial charge is 0.276 e. The van der Waals surface area contributed by atoms with E-state index in [1.165, 1.54) is 0 Å². The number of aromatic nitrogens is 7. The Morgan fingerprint density at radius 2 is 1.88 bits per heavy atom. The number of anilines is 3. The van der Waals surface area contributed by atoms with Crippen LogP contribution in [0.4, 0.5) is 17.2 Å². The summed E-state index contributed by atoms with van der Waals surface area (Å²) in [5.74, 6) is 0.308. The largest absolute Gasteiger partial charge is 0.358 e. The van der Waals surface area contributed by atoms with Crippen LogP contribution in [0.15, 0.2) is 91.8 Å². The fourth-order valence-electron chi connectivity index (χ4n) is 5.23. The van der Waals surface area contributed by atoms with E-state index in [1.54, 1.807) is 35.8 Å². The highest BCUT2D eigenvalue weighted by Crippen LogP contribution is 2.34. The first-order chi connectivity index (χ1) is 21.1. The van der Waals surface area contributed by atoms with E-state index in [4.69, 9.17) is 4.74 Å². The molecule has 1 aliphatic rings. The molecular formula is C32H29N9O2. The predicted octanol–water partition coefficient (Wildman–Crippen LogP) is 6.08. The number of benzene rings is 2. The molecule has 0 bridgehead atoms. The summed E-state index contributed by atoms with van der Waals surface area (Å²) in [5.41, 5.74) is 6.45. The molecule has 2 aromatic carbocycles. The number of amides is 1. The second-order valence-corrected chi connectivity index (χ2v) is 10.4. The van der Waals surface area contributed by atoms with Gasteiger partial charge in [0.05, 0.1) is 12.0 Å². The molecule has 0 saturated carbocycles. The number of hydrogen-bond acceptors (Lipinski definition) is 8. The molecule has 1 unspecified atom stereocenters. The SMILES string of the molecule is Cc1ccc(NC(=O)c2ccn(-c3ccccc3)n2)cc1Nc1ncccc1-c1ncnc2c1ncn2C1CCCCO1. The van der Waals surface area contributed by atoms with E-state index in [2.05, 4.69) is 35.7 Å². The van der Waals surface area contributed by atoms with Gasteiger partial charge in [0.15, 0.2) is 11.3 Å². The molecule has 1 atom stereocenters. The van der Waals surface area contributed by atoms with E-state index in [9.17, 15) is 4.79 Å². The minimum Gasteiger partial charge on any atom is -0.358 e. The summed E-state index contributed by atoms with van der Waals surface area (Å²) in [6, 6.07) is 20.9. The average molecular weight is 572 g/mol. The number of para-hydroxylation sites is 1. The van der Waals surface area contributed by atoms with Crippen LogP contribution in [-0.4, -0.2) is 46.8 Å². The average Bonchev–Trinajstić information content (AvgIpc) is 3.72. The van der Waals surface area contributed by atoms with E-state index in [1.807, 2.05) is 72.2 Å². The minimum atomic E-state index is -0.302. The fourth-order valence-corrected chi connectivity index (χ4v) is 5.23. The zero-order valence-corrected chi connectivity index (χ0v) is 23.5. The van der Waals surface area contributed by atoms with Crippen LogP contribution in [0, 0.1) is 6.92 Å². The molecule has 5 heterocycles. The van der Waals surface area contributed by atoms with Crippen molar-refractivity contribution in [3.63, 3.8) is 0 Å². The maximum atomic E-state index is 13.0. The lowest BCUT2D eigenvalue weighted by Crippen LogP contribution is -2.17. The summed E-state index contributed by atoms with van der Waals surface area (Å²) < 4.78 is 9.65. The van der Waals surface area contributed by atoms with Crippen LogP contribution in [0.2, 0.25) is 0 Å². The molecule has 1 amide bonds. The molecule has 43 heavy (non-hydrogen) atoms. The monoisotopic (exact) mass is 571 g/mol. The quantitative estimate of drug-likeness (QED) is 0.236. The highest BCUT2D eigenvalue weighted by atomic mass is 16.5. The van der Waals surface area contributed by atoms with Crippen molar-refractivity contribution < 1.29 is 9.53 Å². The molecule has 214 valence electrons. The minimum absolute atomic E-state index is 0.0827. The Balaban J connectivity index is 1.15.